The summed E-state index contributed by atoms with van der Waals surface area (Å²) < 4.78 is 0. The Bertz CT molecular complexity index is 379. The summed E-state index contributed by atoms with van der Waals surface area (Å²) in [6.07, 6.45) is 0.945. The van der Waals surface area contributed by atoms with Crippen LogP contribution >= 0.6 is 15.9 Å². The minimum absolute atomic E-state index is 0.0279. The molecule has 1 amide bonds. The molecule has 0 spiro atoms. The van der Waals surface area contributed by atoms with Crippen LogP contribution in [0.1, 0.15) is 29.3 Å². The summed E-state index contributed by atoms with van der Waals surface area (Å²) in [6, 6.07) is 5.02. The van der Waals surface area contributed by atoms with Gasteiger partial charge in [-0.1, -0.05) is 28.9 Å². The van der Waals surface area contributed by atoms with Crippen molar-refractivity contribution in [3.63, 3.8) is 0 Å². The summed E-state index contributed by atoms with van der Waals surface area (Å²) in [4.78, 5) is 12.0. The van der Waals surface area contributed by atoms with Crippen LogP contribution in [0.5, 0.6) is 5.75 Å². The molecule has 0 aliphatic rings. The van der Waals surface area contributed by atoms with Gasteiger partial charge >= 0.3 is 0 Å². The van der Waals surface area contributed by atoms with Crippen LogP contribution in [-0.2, 0) is 0 Å². The number of amides is 1. The molecule has 1 unspecified atom stereocenters. The monoisotopic (exact) mass is 285 g/mol. The summed E-state index contributed by atoms with van der Waals surface area (Å²) in [7, 11) is 0. The van der Waals surface area contributed by atoms with E-state index in [1.807, 2.05) is 13.8 Å². The Morgan fingerprint density at radius 2 is 2.25 bits per heavy atom. The highest BCUT2D eigenvalue weighted by Crippen LogP contribution is 2.18. The molecule has 4 heteroatoms. The zero-order chi connectivity index (χ0) is 12.1. The third-order valence-electron chi connectivity index (χ3n) is 2.32. The number of phenolic OH excluding ortho intramolecular Hbond substituents is 1. The summed E-state index contributed by atoms with van der Waals surface area (Å²) in [5.41, 5.74) is 1.25. The first kappa shape index (κ1) is 13.0. The molecule has 0 saturated heterocycles. The fraction of sp³-hybridized carbons (Fsp3) is 0.417. The maximum absolute atomic E-state index is 11.7. The van der Waals surface area contributed by atoms with Crippen molar-refractivity contribution in [1.82, 2.24) is 5.32 Å². The zero-order valence-corrected chi connectivity index (χ0v) is 11.0. The van der Waals surface area contributed by atoms with Crippen LogP contribution in [0.2, 0.25) is 0 Å². The molecule has 88 valence electrons. The number of aryl methyl sites for hydroxylation is 1. The third kappa shape index (κ3) is 3.52. The molecular formula is C12H16BrNO2. The van der Waals surface area contributed by atoms with Gasteiger partial charge in [0, 0.05) is 11.4 Å². The van der Waals surface area contributed by atoms with Gasteiger partial charge in [0.05, 0.1) is 5.56 Å². The van der Waals surface area contributed by atoms with Gasteiger partial charge in [-0.25, -0.2) is 0 Å². The number of nitrogens with one attached hydrogen (secondary N) is 1. The van der Waals surface area contributed by atoms with Crippen molar-refractivity contribution in [3.05, 3.63) is 29.3 Å². The molecule has 0 aliphatic heterocycles. The molecule has 0 heterocycles. The quantitative estimate of drug-likeness (QED) is 0.836. The SMILES string of the molecule is CCC(Br)CNC(=O)c1ccc(C)cc1O. The first-order chi connectivity index (χ1) is 7.54. The molecule has 1 rings (SSSR count). The predicted molar refractivity (Wildman–Crippen MR) is 68.2 cm³/mol. The second-order valence-corrected chi connectivity index (χ2v) is 5.03. The number of carbonyl (C=O) groups excluding carboxylic acids is 1. The van der Waals surface area contributed by atoms with E-state index < -0.39 is 0 Å². The number of carbonyl (C=O) groups is 1. The molecule has 0 saturated carbocycles. The van der Waals surface area contributed by atoms with Crippen molar-refractivity contribution < 1.29 is 9.90 Å². The fourth-order valence-electron chi connectivity index (χ4n) is 1.28. The lowest BCUT2D eigenvalue weighted by atomic mass is 10.1. The van der Waals surface area contributed by atoms with Gasteiger partial charge in [0.1, 0.15) is 5.75 Å². The average molecular weight is 286 g/mol. The number of phenols is 1. The number of hydrogen-bond acceptors (Lipinski definition) is 2. The average Bonchev–Trinajstić information content (AvgIpc) is 2.25. The Morgan fingerprint density at radius 3 is 2.81 bits per heavy atom. The lowest BCUT2D eigenvalue weighted by Gasteiger charge is -2.10. The standard InChI is InChI=1S/C12H16BrNO2/c1-3-9(13)7-14-12(16)10-5-4-8(2)6-11(10)15/h4-6,9,15H,3,7H2,1-2H3,(H,14,16). The van der Waals surface area contributed by atoms with E-state index in [4.69, 9.17) is 0 Å². The molecule has 3 nitrogen and oxygen atoms in total. The number of halogens is 1. The zero-order valence-electron chi connectivity index (χ0n) is 9.46. The van der Waals surface area contributed by atoms with Gasteiger partial charge in [0.15, 0.2) is 0 Å². The normalized spacial score (nSPS) is 12.2. The summed E-state index contributed by atoms with van der Waals surface area (Å²) in [6.45, 7) is 4.46. The van der Waals surface area contributed by atoms with Crippen molar-refractivity contribution >= 4 is 21.8 Å². The third-order valence-corrected chi connectivity index (χ3v) is 3.30. The summed E-state index contributed by atoms with van der Waals surface area (Å²) in [5.74, 6) is -0.212. The van der Waals surface area contributed by atoms with E-state index in [1.165, 1.54) is 0 Å². The molecule has 0 radical (unpaired) electrons. The van der Waals surface area contributed by atoms with E-state index in [-0.39, 0.29) is 16.5 Å². The van der Waals surface area contributed by atoms with Crippen molar-refractivity contribution in [2.75, 3.05) is 6.54 Å². The highest BCUT2D eigenvalue weighted by Gasteiger charge is 2.11. The number of aromatic hydroxyl groups is 1. The molecule has 0 aromatic heterocycles. The van der Waals surface area contributed by atoms with Gasteiger partial charge in [0.2, 0.25) is 0 Å². The van der Waals surface area contributed by atoms with E-state index in [0.717, 1.165) is 12.0 Å². The van der Waals surface area contributed by atoms with Crippen molar-refractivity contribution in [2.45, 2.75) is 25.1 Å². The second-order valence-electron chi connectivity index (χ2n) is 3.74. The second kappa shape index (κ2) is 5.89. The van der Waals surface area contributed by atoms with Crippen molar-refractivity contribution in [3.8, 4) is 5.75 Å². The molecule has 0 aliphatic carbocycles. The van der Waals surface area contributed by atoms with E-state index >= 15 is 0 Å². The van der Waals surface area contributed by atoms with Gasteiger partial charge in [-0.15, -0.1) is 0 Å². The fourth-order valence-corrected chi connectivity index (χ4v) is 1.44. The van der Waals surface area contributed by atoms with Crippen molar-refractivity contribution in [1.29, 1.82) is 0 Å². The topological polar surface area (TPSA) is 49.3 Å². The van der Waals surface area contributed by atoms with Crippen LogP contribution < -0.4 is 5.32 Å². The highest BCUT2D eigenvalue weighted by atomic mass is 79.9. The minimum Gasteiger partial charge on any atom is -0.507 e. The molecule has 0 fully saturated rings. The minimum atomic E-state index is -0.240. The smallest absolute Gasteiger partial charge is 0.255 e. The highest BCUT2D eigenvalue weighted by molar-refractivity contribution is 9.09. The molecule has 1 aromatic rings. The van der Waals surface area contributed by atoms with Gasteiger partial charge in [-0.05, 0) is 31.0 Å². The van der Waals surface area contributed by atoms with Crippen LogP contribution in [0.4, 0.5) is 0 Å². The lowest BCUT2D eigenvalue weighted by molar-refractivity contribution is 0.0951. The van der Waals surface area contributed by atoms with Crippen LogP contribution in [0.15, 0.2) is 18.2 Å². The largest absolute Gasteiger partial charge is 0.507 e. The van der Waals surface area contributed by atoms with Gasteiger partial charge < -0.3 is 10.4 Å². The first-order valence-corrected chi connectivity index (χ1v) is 6.18. The number of benzene rings is 1. The summed E-state index contributed by atoms with van der Waals surface area (Å²) in [5, 5.41) is 12.4. The molecule has 2 N–H and O–H groups in total. The Balaban J connectivity index is 2.66. The number of alkyl halides is 1. The Morgan fingerprint density at radius 1 is 1.56 bits per heavy atom. The molecular weight excluding hydrogens is 270 g/mol. The predicted octanol–water partition coefficient (Wildman–Crippen LogP) is 2.60. The first-order valence-electron chi connectivity index (χ1n) is 5.26. The van der Waals surface area contributed by atoms with Crippen LogP contribution in [0, 0.1) is 6.92 Å². The lowest BCUT2D eigenvalue weighted by Crippen LogP contribution is -2.29. The van der Waals surface area contributed by atoms with Crippen LogP contribution in [0.3, 0.4) is 0 Å². The molecule has 1 aromatic carbocycles. The molecule has 16 heavy (non-hydrogen) atoms. The Labute approximate surface area is 104 Å². The number of rotatable bonds is 4. The van der Waals surface area contributed by atoms with Gasteiger partial charge in [-0.2, -0.15) is 0 Å². The van der Waals surface area contributed by atoms with E-state index in [2.05, 4.69) is 21.2 Å². The Kier molecular flexibility index (Phi) is 4.80. The summed E-state index contributed by atoms with van der Waals surface area (Å²) >= 11 is 3.43. The number of hydrogen-bond donors (Lipinski definition) is 2. The maximum Gasteiger partial charge on any atom is 0.255 e. The van der Waals surface area contributed by atoms with Gasteiger partial charge in [-0.3, -0.25) is 4.79 Å². The van der Waals surface area contributed by atoms with Crippen LogP contribution in [0.25, 0.3) is 0 Å². The van der Waals surface area contributed by atoms with Crippen LogP contribution in [-0.4, -0.2) is 22.4 Å². The van der Waals surface area contributed by atoms with E-state index in [0.29, 0.717) is 12.1 Å². The molecule has 1 atom stereocenters. The Hall–Kier alpha value is -1.03. The maximum atomic E-state index is 11.7. The van der Waals surface area contributed by atoms with E-state index in [1.54, 1.807) is 18.2 Å². The molecule has 0 bridgehead atoms. The van der Waals surface area contributed by atoms with Crippen molar-refractivity contribution in [2.24, 2.45) is 0 Å². The van der Waals surface area contributed by atoms with Gasteiger partial charge in [0.25, 0.3) is 5.91 Å². The van der Waals surface area contributed by atoms with E-state index in [9.17, 15) is 9.90 Å².